The second kappa shape index (κ2) is 5.16. The highest BCUT2D eigenvalue weighted by Gasteiger charge is 2.33. The lowest BCUT2D eigenvalue weighted by atomic mass is 10.0. The molecule has 0 atom stereocenters. The molecule has 3 heteroatoms. The van der Waals surface area contributed by atoms with Gasteiger partial charge >= 0.3 is 0 Å². The minimum atomic E-state index is 0.0811. The third kappa shape index (κ3) is 2.36. The number of nitrogens with two attached hydrogens (primary N) is 1. The molecule has 2 aromatic rings. The summed E-state index contributed by atoms with van der Waals surface area (Å²) in [6.07, 6.45) is 3.23. The van der Waals surface area contributed by atoms with Gasteiger partial charge in [0.1, 0.15) is 0 Å². The molecule has 1 saturated carbocycles. The van der Waals surface area contributed by atoms with Gasteiger partial charge < -0.3 is 10.6 Å². The van der Waals surface area contributed by atoms with Crippen molar-refractivity contribution in [2.45, 2.75) is 32.2 Å². The Hall–Kier alpha value is -2.03. The van der Waals surface area contributed by atoms with Crippen molar-refractivity contribution in [1.29, 1.82) is 0 Å². The van der Waals surface area contributed by atoms with Crippen molar-refractivity contribution in [3.8, 4) is 0 Å². The number of nitrogens with zero attached hydrogens (tertiary/aromatic N) is 1. The van der Waals surface area contributed by atoms with Gasteiger partial charge in [0.15, 0.2) is 0 Å². The average Bonchev–Trinajstić information content (AvgIpc) is 3.28. The van der Waals surface area contributed by atoms with E-state index in [2.05, 4.69) is 6.92 Å². The second-order valence-corrected chi connectivity index (χ2v) is 5.52. The zero-order chi connectivity index (χ0) is 14.1. The summed E-state index contributed by atoms with van der Waals surface area (Å²) in [6, 6.07) is 12.3. The van der Waals surface area contributed by atoms with Gasteiger partial charge in [-0.25, -0.2) is 0 Å². The number of benzene rings is 2. The van der Waals surface area contributed by atoms with Gasteiger partial charge in [0.05, 0.1) is 5.56 Å². The summed E-state index contributed by atoms with van der Waals surface area (Å²) >= 11 is 0. The van der Waals surface area contributed by atoms with E-state index in [9.17, 15) is 4.79 Å². The number of carbonyl (C=O) groups is 1. The minimum Gasteiger partial charge on any atom is -0.398 e. The summed E-state index contributed by atoms with van der Waals surface area (Å²) in [6.45, 7) is 2.92. The molecule has 0 heterocycles. The van der Waals surface area contributed by atoms with E-state index in [0.717, 1.165) is 36.6 Å². The Morgan fingerprint density at radius 2 is 1.90 bits per heavy atom. The summed E-state index contributed by atoms with van der Waals surface area (Å²) in [5, 5.41) is 2.15. The fraction of sp³-hybridized carbons (Fsp3) is 0.353. The Labute approximate surface area is 119 Å². The predicted octanol–water partition coefficient (Wildman–Crippen LogP) is 3.44. The number of fused-ring (bicyclic) bond motifs is 1. The first-order valence-electron chi connectivity index (χ1n) is 7.30. The molecule has 0 bridgehead atoms. The fourth-order valence-electron chi connectivity index (χ4n) is 2.67. The van der Waals surface area contributed by atoms with E-state index in [-0.39, 0.29) is 5.91 Å². The highest BCUT2D eigenvalue weighted by Crippen LogP contribution is 2.30. The van der Waals surface area contributed by atoms with Gasteiger partial charge in [-0.3, -0.25) is 4.79 Å². The zero-order valence-corrected chi connectivity index (χ0v) is 11.8. The first kappa shape index (κ1) is 13.0. The molecular formula is C17H20N2O. The number of rotatable bonds is 4. The van der Waals surface area contributed by atoms with Crippen LogP contribution in [-0.4, -0.2) is 23.4 Å². The van der Waals surface area contributed by atoms with Crippen molar-refractivity contribution < 1.29 is 4.79 Å². The van der Waals surface area contributed by atoms with Crippen LogP contribution in [0.1, 0.15) is 36.5 Å². The molecule has 0 aromatic heterocycles. The van der Waals surface area contributed by atoms with Crippen LogP contribution >= 0.6 is 0 Å². The molecule has 1 fully saturated rings. The lowest BCUT2D eigenvalue weighted by Crippen LogP contribution is -2.34. The van der Waals surface area contributed by atoms with Crippen molar-refractivity contribution in [2.75, 3.05) is 12.3 Å². The summed E-state index contributed by atoms with van der Waals surface area (Å²) in [5.41, 5.74) is 7.32. The highest BCUT2D eigenvalue weighted by atomic mass is 16.2. The molecule has 0 saturated heterocycles. The first-order chi connectivity index (χ1) is 9.70. The lowest BCUT2D eigenvalue weighted by molar-refractivity contribution is 0.0744. The van der Waals surface area contributed by atoms with Gasteiger partial charge in [-0.2, -0.15) is 0 Å². The van der Waals surface area contributed by atoms with E-state index in [1.165, 1.54) is 0 Å². The smallest absolute Gasteiger partial charge is 0.256 e. The van der Waals surface area contributed by atoms with Crippen LogP contribution in [0.2, 0.25) is 0 Å². The lowest BCUT2D eigenvalue weighted by Gasteiger charge is -2.22. The van der Waals surface area contributed by atoms with Crippen LogP contribution < -0.4 is 5.73 Å². The number of hydrogen-bond donors (Lipinski definition) is 1. The van der Waals surface area contributed by atoms with Crippen LogP contribution in [0, 0.1) is 0 Å². The minimum absolute atomic E-state index is 0.0811. The van der Waals surface area contributed by atoms with E-state index in [0.29, 0.717) is 17.3 Å². The van der Waals surface area contributed by atoms with Crippen molar-refractivity contribution in [3.05, 3.63) is 42.0 Å². The highest BCUT2D eigenvalue weighted by molar-refractivity contribution is 6.04. The zero-order valence-electron chi connectivity index (χ0n) is 11.8. The molecule has 20 heavy (non-hydrogen) atoms. The number of carbonyl (C=O) groups excluding carboxylic acids is 1. The average molecular weight is 268 g/mol. The van der Waals surface area contributed by atoms with Crippen molar-refractivity contribution in [3.63, 3.8) is 0 Å². The molecule has 1 aliphatic rings. The molecular weight excluding hydrogens is 248 g/mol. The Bertz CT molecular complexity index is 646. The molecule has 0 radical (unpaired) electrons. The number of nitrogen functional groups attached to an aromatic ring is 1. The van der Waals surface area contributed by atoms with Gasteiger partial charge in [0.25, 0.3) is 5.91 Å². The van der Waals surface area contributed by atoms with E-state index >= 15 is 0 Å². The van der Waals surface area contributed by atoms with Crippen molar-refractivity contribution in [2.24, 2.45) is 0 Å². The van der Waals surface area contributed by atoms with Crippen LogP contribution in [0.25, 0.3) is 10.8 Å². The quantitative estimate of drug-likeness (QED) is 0.863. The van der Waals surface area contributed by atoms with E-state index in [1.807, 2.05) is 41.3 Å². The normalized spacial score (nSPS) is 14.4. The van der Waals surface area contributed by atoms with E-state index in [4.69, 9.17) is 5.73 Å². The topological polar surface area (TPSA) is 46.3 Å². The summed E-state index contributed by atoms with van der Waals surface area (Å²) < 4.78 is 0. The maximum absolute atomic E-state index is 12.7. The van der Waals surface area contributed by atoms with Crippen LogP contribution in [-0.2, 0) is 0 Å². The number of hydrogen-bond acceptors (Lipinski definition) is 2. The van der Waals surface area contributed by atoms with Crippen molar-refractivity contribution in [1.82, 2.24) is 4.90 Å². The van der Waals surface area contributed by atoms with Gasteiger partial charge in [-0.15, -0.1) is 0 Å². The maximum Gasteiger partial charge on any atom is 0.256 e. The Morgan fingerprint density at radius 3 is 2.50 bits per heavy atom. The van der Waals surface area contributed by atoms with Gasteiger partial charge in [-0.1, -0.05) is 31.2 Å². The monoisotopic (exact) mass is 268 g/mol. The summed E-state index contributed by atoms with van der Waals surface area (Å²) in [5.74, 6) is 0.0811. The van der Waals surface area contributed by atoms with Crippen LogP contribution in [0.4, 0.5) is 5.69 Å². The predicted molar refractivity (Wildman–Crippen MR) is 82.7 cm³/mol. The Morgan fingerprint density at radius 1 is 1.25 bits per heavy atom. The molecule has 3 nitrogen and oxygen atoms in total. The Kier molecular flexibility index (Phi) is 3.35. The van der Waals surface area contributed by atoms with Crippen LogP contribution in [0.15, 0.2) is 36.4 Å². The fourth-order valence-corrected chi connectivity index (χ4v) is 2.67. The third-order valence-electron chi connectivity index (χ3n) is 3.86. The molecule has 0 unspecified atom stereocenters. The first-order valence-corrected chi connectivity index (χ1v) is 7.30. The van der Waals surface area contributed by atoms with Gasteiger partial charge in [0, 0.05) is 18.3 Å². The molecule has 104 valence electrons. The van der Waals surface area contributed by atoms with Crippen molar-refractivity contribution >= 4 is 22.4 Å². The summed E-state index contributed by atoms with van der Waals surface area (Å²) in [4.78, 5) is 14.7. The van der Waals surface area contributed by atoms with E-state index < -0.39 is 0 Å². The molecule has 0 aliphatic heterocycles. The molecule has 2 N–H and O–H groups in total. The van der Waals surface area contributed by atoms with E-state index in [1.54, 1.807) is 0 Å². The molecule has 1 amide bonds. The standard InChI is InChI=1S/C17H20N2O/c1-2-9-19(14-7-8-14)17(20)15-10-12-5-3-4-6-13(12)11-16(15)18/h3-6,10-11,14H,2,7-9,18H2,1H3. The summed E-state index contributed by atoms with van der Waals surface area (Å²) in [7, 11) is 0. The number of anilines is 1. The van der Waals surface area contributed by atoms with Crippen LogP contribution in [0.3, 0.4) is 0 Å². The molecule has 1 aliphatic carbocycles. The largest absolute Gasteiger partial charge is 0.398 e. The Balaban J connectivity index is 1.99. The number of amides is 1. The molecule has 3 rings (SSSR count). The van der Waals surface area contributed by atoms with Gasteiger partial charge in [-0.05, 0) is 42.2 Å². The third-order valence-corrected chi connectivity index (χ3v) is 3.86. The second-order valence-electron chi connectivity index (χ2n) is 5.52. The van der Waals surface area contributed by atoms with Gasteiger partial charge in [0.2, 0.25) is 0 Å². The maximum atomic E-state index is 12.7. The molecule has 2 aromatic carbocycles. The molecule has 0 spiro atoms. The van der Waals surface area contributed by atoms with Crippen LogP contribution in [0.5, 0.6) is 0 Å². The SMILES string of the molecule is CCCN(C(=O)c1cc2ccccc2cc1N)C1CC1.